The van der Waals surface area contributed by atoms with Gasteiger partial charge >= 0.3 is 6.18 Å². The number of halogens is 4. The molecule has 4 nitrogen and oxygen atoms in total. The Bertz CT molecular complexity index is 948. The van der Waals surface area contributed by atoms with E-state index >= 15 is 0 Å². The summed E-state index contributed by atoms with van der Waals surface area (Å²) in [7, 11) is 0. The van der Waals surface area contributed by atoms with Crippen LogP contribution in [0.3, 0.4) is 0 Å². The second kappa shape index (κ2) is 7.25. The van der Waals surface area contributed by atoms with Gasteiger partial charge in [0.1, 0.15) is 0 Å². The minimum Gasteiger partial charge on any atom is -0.362 e. The van der Waals surface area contributed by atoms with Gasteiger partial charge in [-0.05, 0) is 40.8 Å². The summed E-state index contributed by atoms with van der Waals surface area (Å²) in [5.41, 5.74) is -2.25. The SMILES string of the molecule is CC(C)(C)c1ccc(C(=O)N2N=C(c3ccc(Br)cc3)C[C@]2(O)C(F)(F)F)cc1. The lowest BCUT2D eigenvalue weighted by Gasteiger charge is -2.32. The fraction of sp³-hybridized carbons (Fsp3) is 0.333. The minimum atomic E-state index is -5.07. The monoisotopic (exact) mass is 468 g/mol. The van der Waals surface area contributed by atoms with Crippen molar-refractivity contribution in [3.63, 3.8) is 0 Å². The molecule has 0 radical (unpaired) electrons. The number of alkyl halides is 3. The van der Waals surface area contributed by atoms with Crippen LogP contribution in [0.5, 0.6) is 0 Å². The molecule has 154 valence electrons. The Morgan fingerprint density at radius 1 is 1.07 bits per heavy atom. The Labute approximate surface area is 175 Å². The van der Waals surface area contributed by atoms with Crippen LogP contribution in [0, 0.1) is 0 Å². The largest absolute Gasteiger partial charge is 0.438 e. The normalized spacial score (nSPS) is 20.0. The van der Waals surface area contributed by atoms with Crippen molar-refractivity contribution in [2.45, 2.75) is 44.5 Å². The number of rotatable bonds is 2. The second-order valence-electron chi connectivity index (χ2n) is 7.99. The van der Waals surface area contributed by atoms with Gasteiger partial charge in [0.25, 0.3) is 11.6 Å². The van der Waals surface area contributed by atoms with E-state index in [0.29, 0.717) is 5.56 Å². The molecule has 1 atom stereocenters. The first-order valence-electron chi connectivity index (χ1n) is 8.90. The molecule has 0 unspecified atom stereocenters. The molecular formula is C21H20BrF3N2O2. The highest BCUT2D eigenvalue weighted by molar-refractivity contribution is 9.10. The number of hydrogen-bond donors (Lipinski definition) is 1. The highest BCUT2D eigenvalue weighted by Crippen LogP contribution is 2.42. The van der Waals surface area contributed by atoms with Gasteiger partial charge < -0.3 is 5.11 Å². The van der Waals surface area contributed by atoms with E-state index in [9.17, 15) is 23.1 Å². The molecule has 1 amide bonds. The summed E-state index contributed by atoms with van der Waals surface area (Å²) < 4.78 is 41.9. The Morgan fingerprint density at radius 2 is 1.62 bits per heavy atom. The average Bonchev–Trinajstić information content (AvgIpc) is 3.00. The van der Waals surface area contributed by atoms with Crippen molar-refractivity contribution < 1.29 is 23.1 Å². The molecule has 0 fully saturated rings. The van der Waals surface area contributed by atoms with Gasteiger partial charge in [-0.2, -0.15) is 23.3 Å². The molecule has 0 spiro atoms. The zero-order valence-electron chi connectivity index (χ0n) is 16.1. The number of hydrazone groups is 1. The van der Waals surface area contributed by atoms with E-state index < -0.39 is 24.2 Å². The number of carbonyl (C=O) groups is 1. The molecule has 0 saturated heterocycles. The number of amides is 1. The first-order valence-corrected chi connectivity index (χ1v) is 9.70. The molecule has 1 heterocycles. The fourth-order valence-corrected chi connectivity index (χ4v) is 3.28. The van der Waals surface area contributed by atoms with Gasteiger partial charge in [-0.25, -0.2) is 0 Å². The molecule has 0 bridgehead atoms. The van der Waals surface area contributed by atoms with Crippen LogP contribution in [0.2, 0.25) is 0 Å². The Morgan fingerprint density at radius 3 is 2.10 bits per heavy atom. The molecule has 1 aliphatic heterocycles. The van der Waals surface area contributed by atoms with E-state index in [1.54, 1.807) is 36.4 Å². The highest BCUT2D eigenvalue weighted by atomic mass is 79.9. The number of benzene rings is 2. The quantitative estimate of drug-likeness (QED) is 0.654. The molecule has 2 aromatic rings. The number of aliphatic hydroxyl groups is 1. The summed E-state index contributed by atoms with van der Waals surface area (Å²) in [5, 5.41) is 14.5. The maximum atomic E-state index is 13.7. The molecule has 2 aromatic carbocycles. The fourth-order valence-electron chi connectivity index (χ4n) is 3.02. The lowest BCUT2D eigenvalue weighted by Crippen LogP contribution is -2.56. The van der Waals surface area contributed by atoms with Crippen molar-refractivity contribution in [1.82, 2.24) is 5.01 Å². The molecule has 1 N–H and O–H groups in total. The van der Waals surface area contributed by atoms with Crippen LogP contribution in [0.1, 0.15) is 48.7 Å². The van der Waals surface area contributed by atoms with Crippen molar-refractivity contribution in [3.05, 3.63) is 69.7 Å². The van der Waals surface area contributed by atoms with Crippen molar-refractivity contribution in [2.75, 3.05) is 0 Å². The van der Waals surface area contributed by atoms with Crippen molar-refractivity contribution in [1.29, 1.82) is 0 Å². The van der Waals surface area contributed by atoms with E-state index in [1.807, 2.05) is 20.8 Å². The van der Waals surface area contributed by atoms with E-state index in [1.165, 1.54) is 12.1 Å². The lowest BCUT2D eigenvalue weighted by atomic mass is 9.86. The Hall–Kier alpha value is -2.19. The van der Waals surface area contributed by atoms with Crippen molar-refractivity contribution in [3.8, 4) is 0 Å². The minimum absolute atomic E-state index is 0.0153. The summed E-state index contributed by atoms with van der Waals surface area (Å²) >= 11 is 3.26. The maximum absolute atomic E-state index is 13.7. The van der Waals surface area contributed by atoms with Gasteiger partial charge in [0.05, 0.1) is 12.1 Å². The van der Waals surface area contributed by atoms with Gasteiger partial charge in [-0.15, -0.1) is 0 Å². The van der Waals surface area contributed by atoms with Gasteiger partial charge in [0, 0.05) is 10.0 Å². The van der Waals surface area contributed by atoms with E-state index in [2.05, 4.69) is 21.0 Å². The highest BCUT2D eigenvalue weighted by Gasteiger charge is 2.63. The third kappa shape index (κ3) is 4.09. The molecule has 1 aliphatic rings. The molecule has 3 rings (SSSR count). The van der Waals surface area contributed by atoms with Gasteiger partial charge in [-0.3, -0.25) is 4.79 Å². The molecule has 0 aromatic heterocycles. The first kappa shape index (κ1) is 21.5. The number of carbonyl (C=O) groups excluding carboxylic acids is 1. The van der Waals surface area contributed by atoms with Crippen molar-refractivity contribution >= 4 is 27.5 Å². The number of nitrogens with zero attached hydrogens (tertiary/aromatic N) is 2. The Kier molecular flexibility index (Phi) is 5.38. The smallest absolute Gasteiger partial charge is 0.362 e. The van der Waals surface area contributed by atoms with Crippen LogP contribution < -0.4 is 0 Å². The summed E-state index contributed by atoms with van der Waals surface area (Å²) in [6.45, 7) is 5.96. The van der Waals surface area contributed by atoms with Gasteiger partial charge in [-0.1, -0.05) is 61.0 Å². The molecule has 0 saturated carbocycles. The standard InChI is InChI=1S/C21H20BrF3N2O2/c1-19(2,3)15-8-4-14(5-9-15)18(28)27-20(29,21(23,24)25)12-17(26-27)13-6-10-16(22)11-7-13/h4-11,29H,12H2,1-3H3/t20-/m0/s1. The summed E-state index contributed by atoms with van der Waals surface area (Å²) in [6, 6.07) is 12.7. The zero-order chi connectivity index (χ0) is 21.6. The Balaban J connectivity index is 2.00. The maximum Gasteiger partial charge on any atom is 0.438 e. The summed E-state index contributed by atoms with van der Waals surface area (Å²) in [6.07, 6.45) is -5.92. The van der Waals surface area contributed by atoms with Crippen LogP contribution in [-0.4, -0.2) is 33.6 Å². The third-order valence-electron chi connectivity index (χ3n) is 4.81. The van der Waals surface area contributed by atoms with Crippen LogP contribution in [0.15, 0.2) is 58.1 Å². The van der Waals surface area contributed by atoms with Crippen LogP contribution >= 0.6 is 15.9 Å². The van der Waals surface area contributed by atoms with Crippen LogP contribution in [-0.2, 0) is 5.41 Å². The second-order valence-corrected chi connectivity index (χ2v) is 8.90. The first-order chi connectivity index (χ1) is 13.3. The van der Waals surface area contributed by atoms with Crippen LogP contribution in [0.25, 0.3) is 0 Å². The molecular weight excluding hydrogens is 449 g/mol. The van der Waals surface area contributed by atoms with E-state index in [4.69, 9.17) is 0 Å². The topological polar surface area (TPSA) is 52.9 Å². The van der Waals surface area contributed by atoms with E-state index in [-0.39, 0.29) is 21.7 Å². The molecule has 29 heavy (non-hydrogen) atoms. The lowest BCUT2D eigenvalue weighted by molar-refractivity contribution is -0.297. The average molecular weight is 469 g/mol. The molecule has 0 aliphatic carbocycles. The summed E-state index contributed by atoms with van der Waals surface area (Å²) in [4.78, 5) is 12.9. The number of hydrogen-bond acceptors (Lipinski definition) is 3. The van der Waals surface area contributed by atoms with Crippen LogP contribution in [0.4, 0.5) is 13.2 Å². The predicted octanol–water partition coefficient (Wildman–Crippen LogP) is 5.25. The van der Waals surface area contributed by atoms with Gasteiger partial charge in [0.15, 0.2) is 0 Å². The third-order valence-corrected chi connectivity index (χ3v) is 5.34. The van der Waals surface area contributed by atoms with Gasteiger partial charge in [0.2, 0.25) is 0 Å². The van der Waals surface area contributed by atoms with Crippen molar-refractivity contribution in [2.24, 2.45) is 5.10 Å². The van der Waals surface area contributed by atoms with E-state index in [0.717, 1.165) is 10.0 Å². The molecule has 8 heteroatoms. The summed E-state index contributed by atoms with van der Waals surface area (Å²) in [5.74, 6) is -1.02. The zero-order valence-corrected chi connectivity index (χ0v) is 17.7. The predicted molar refractivity (Wildman–Crippen MR) is 108 cm³/mol.